The van der Waals surface area contributed by atoms with E-state index >= 15 is 0 Å². The van der Waals surface area contributed by atoms with Crippen LogP contribution in [-0.4, -0.2) is 44.2 Å². The van der Waals surface area contributed by atoms with Gasteiger partial charge in [-0.05, 0) is 61.1 Å². The van der Waals surface area contributed by atoms with Crippen molar-refractivity contribution in [2.45, 2.75) is 44.0 Å². The minimum absolute atomic E-state index is 0.122. The van der Waals surface area contributed by atoms with Crippen molar-refractivity contribution in [3.8, 4) is 0 Å². The zero-order chi connectivity index (χ0) is 22.0. The van der Waals surface area contributed by atoms with Gasteiger partial charge in [0.15, 0.2) is 0 Å². The number of piperidine rings is 1. The first-order valence-corrected chi connectivity index (χ1v) is 12.0. The molecule has 2 aliphatic heterocycles. The number of carbonyl (C=O) groups excluding carboxylic acids is 2. The van der Waals surface area contributed by atoms with E-state index in [0.29, 0.717) is 36.9 Å². The summed E-state index contributed by atoms with van der Waals surface area (Å²) in [6.45, 7) is 3.32. The van der Waals surface area contributed by atoms with Crippen molar-refractivity contribution < 1.29 is 22.4 Å². The van der Waals surface area contributed by atoms with Gasteiger partial charge in [-0.3, -0.25) is 9.59 Å². The summed E-state index contributed by atoms with van der Waals surface area (Å²) in [7, 11) is -3.57. The Hall–Kier alpha value is -2.65. The molecule has 0 spiro atoms. The summed E-state index contributed by atoms with van der Waals surface area (Å²) in [5.74, 6) is 0.701. The standard InChI is InChI=1S/C22H27N3O5S/c1-16-8-10-24(11-9-16)31(28,29)19-5-6-20-17(13-19)4-7-22(27)25(20)15-21(26)23-14-18-3-2-12-30-18/h2-3,5-6,12-13,16H,4,7-11,14-15H2,1H3,(H,23,26). The number of hydrogen-bond donors (Lipinski definition) is 1. The highest BCUT2D eigenvalue weighted by Crippen LogP contribution is 2.32. The topological polar surface area (TPSA) is 99.9 Å². The third-order valence-electron chi connectivity index (χ3n) is 5.97. The summed E-state index contributed by atoms with van der Waals surface area (Å²) in [5, 5.41) is 2.74. The third kappa shape index (κ3) is 4.67. The van der Waals surface area contributed by atoms with E-state index in [-0.39, 0.29) is 36.2 Å². The van der Waals surface area contributed by atoms with E-state index in [0.717, 1.165) is 18.4 Å². The number of benzene rings is 1. The molecule has 166 valence electrons. The molecule has 1 fully saturated rings. The first kappa shape index (κ1) is 21.6. The number of rotatable bonds is 6. The molecule has 0 atom stereocenters. The van der Waals surface area contributed by atoms with Gasteiger partial charge in [0, 0.05) is 25.2 Å². The van der Waals surface area contributed by atoms with E-state index in [9.17, 15) is 18.0 Å². The van der Waals surface area contributed by atoms with E-state index in [4.69, 9.17) is 4.42 Å². The molecule has 4 rings (SSSR count). The van der Waals surface area contributed by atoms with Crippen LogP contribution in [0.25, 0.3) is 0 Å². The maximum absolute atomic E-state index is 13.1. The molecule has 1 aromatic carbocycles. The number of nitrogens with one attached hydrogen (secondary N) is 1. The van der Waals surface area contributed by atoms with Gasteiger partial charge in [-0.15, -0.1) is 0 Å². The molecule has 3 heterocycles. The zero-order valence-corrected chi connectivity index (χ0v) is 18.4. The number of furan rings is 1. The largest absolute Gasteiger partial charge is 0.467 e. The maximum Gasteiger partial charge on any atom is 0.243 e. The lowest BCUT2D eigenvalue weighted by atomic mass is 10.0. The van der Waals surface area contributed by atoms with Crippen LogP contribution in [-0.2, 0) is 32.6 Å². The van der Waals surface area contributed by atoms with Crippen molar-refractivity contribution in [2.24, 2.45) is 5.92 Å². The average Bonchev–Trinajstić information content (AvgIpc) is 3.28. The first-order chi connectivity index (χ1) is 14.8. The van der Waals surface area contributed by atoms with Crippen molar-refractivity contribution in [1.29, 1.82) is 0 Å². The van der Waals surface area contributed by atoms with Crippen LogP contribution < -0.4 is 10.2 Å². The maximum atomic E-state index is 13.1. The van der Waals surface area contributed by atoms with Crippen LogP contribution in [0.2, 0.25) is 0 Å². The molecule has 0 aliphatic carbocycles. The quantitative estimate of drug-likeness (QED) is 0.735. The lowest BCUT2D eigenvalue weighted by Gasteiger charge is -2.31. The molecule has 0 bridgehead atoms. The SMILES string of the molecule is CC1CCN(S(=O)(=O)c2ccc3c(c2)CCC(=O)N3CC(=O)NCc2ccco2)CC1. The highest BCUT2D eigenvalue weighted by Gasteiger charge is 2.31. The van der Waals surface area contributed by atoms with Crippen molar-refractivity contribution in [1.82, 2.24) is 9.62 Å². The van der Waals surface area contributed by atoms with Crippen LogP contribution in [0.15, 0.2) is 45.9 Å². The Morgan fingerprint density at radius 1 is 1.19 bits per heavy atom. The molecule has 2 aliphatic rings. The summed E-state index contributed by atoms with van der Waals surface area (Å²) in [6, 6.07) is 8.34. The summed E-state index contributed by atoms with van der Waals surface area (Å²) >= 11 is 0. The number of aryl methyl sites for hydroxylation is 1. The molecule has 1 aromatic heterocycles. The Morgan fingerprint density at radius 3 is 2.68 bits per heavy atom. The summed E-state index contributed by atoms with van der Waals surface area (Å²) in [5.41, 5.74) is 1.36. The summed E-state index contributed by atoms with van der Waals surface area (Å²) < 4.78 is 32.9. The van der Waals surface area contributed by atoms with E-state index in [1.165, 1.54) is 11.2 Å². The van der Waals surface area contributed by atoms with Crippen molar-refractivity contribution in [3.63, 3.8) is 0 Å². The fraction of sp³-hybridized carbons (Fsp3) is 0.455. The average molecular weight is 446 g/mol. The van der Waals surface area contributed by atoms with Crippen molar-refractivity contribution >= 4 is 27.5 Å². The molecule has 8 nitrogen and oxygen atoms in total. The monoisotopic (exact) mass is 445 g/mol. The highest BCUT2D eigenvalue weighted by molar-refractivity contribution is 7.89. The lowest BCUT2D eigenvalue weighted by Crippen LogP contribution is -2.43. The zero-order valence-electron chi connectivity index (χ0n) is 17.5. The Kier molecular flexibility index (Phi) is 6.15. The number of carbonyl (C=O) groups is 2. The van der Waals surface area contributed by atoms with Gasteiger partial charge in [0.05, 0.1) is 17.7 Å². The van der Waals surface area contributed by atoms with Crippen LogP contribution in [0.4, 0.5) is 5.69 Å². The lowest BCUT2D eigenvalue weighted by molar-refractivity contribution is -0.124. The summed E-state index contributed by atoms with van der Waals surface area (Å²) in [4.78, 5) is 26.5. The van der Waals surface area contributed by atoms with Crippen molar-refractivity contribution in [3.05, 3.63) is 47.9 Å². The molecule has 0 unspecified atom stereocenters. The minimum atomic E-state index is -3.57. The van der Waals surface area contributed by atoms with Crippen LogP contribution in [0.3, 0.4) is 0 Å². The second-order valence-electron chi connectivity index (χ2n) is 8.21. The van der Waals surface area contributed by atoms with Crippen LogP contribution in [0.5, 0.6) is 0 Å². The Labute approximate surface area is 182 Å². The minimum Gasteiger partial charge on any atom is -0.467 e. The molecule has 9 heteroatoms. The molecule has 2 aromatic rings. The molecule has 31 heavy (non-hydrogen) atoms. The van der Waals surface area contributed by atoms with Crippen LogP contribution in [0, 0.1) is 5.92 Å². The molecule has 0 radical (unpaired) electrons. The molecular formula is C22H27N3O5S. The Morgan fingerprint density at radius 2 is 1.97 bits per heavy atom. The molecule has 1 N–H and O–H groups in total. The van der Waals surface area contributed by atoms with Crippen LogP contribution >= 0.6 is 0 Å². The predicted molar refractivity (Wildman–Crippen MR) is 115 cm³/mol. The van der Waals surface area contributed by atoms with Gasteiger partial charge in [0.2, 0.25) is 21.8 Å². The predicted octanol–water partition coefficient (Wildman–Crippen LogP) is 2.30. The molecule has 1 saturated heterocycles. The van der Waals surface area contributed by atoms with Crippen molar-refractivity contribution in [2.75, 3.05) is 24.5 Å². The fourth-order valence-corrected chi connectivity index (χ4v) is 5.56. The number of amides is 2. The fourth-order valence-electron chi connectivity index (χ4n) is 4.04. The number of hydrogen-bond acceptors (Lipinski definition) is 5. The number of fused-ring (bicyclic) bond motifs is 1. The smallest absolute Gasteiger partial charge is 0.243 e. The van der Waals surface area contributed by atoms with Gasteiger partial charge < -0.3 is 14.6 Å². The first-order valence-electron chi connectivity index (χ1n) is 10.6. The van der Waals surface area contributed by atoms with Gasteiger partial charge in [-0.25, -0.2) is 8.42 Å². The Balaban J connectivity index is 1.49. The number of sulfonamides is 1. The van der Waals surface area contributed by atoms with Crippen LogP contribution in [0.1, 0.15) is 37.5 Å². The van der Waals surface area contributed by atoms with Gasteiger partial charge in [0.1, 0.15) is 12.3 Å². The number of nitrogens with zero attached hydrogens (tertiary/aromatic N) is 2. The normalized spacial score (nSPS) is 18.1. The van der Waals surface area contributed by atoms with E-state index in [2.05, 4.69) is 12.2 Å². The van der Waals surface area contributed by atoms with E-state index in [1.54, 1.807) is 34.6 Å². The van der Waals surface area contributed by atoms with E-state index < -0.39 is 10.0 Å². The van der Waals surface area contributed by atoms with Gasteiger partial charge in [-0.1, -0.05) is 6.92 Å². The second-order valence-corrected chi connectivity index (χ2v) is 10.2. The Bertz CT molecular complexity index is 1060. The second kappa shape index (κ2) is 8.84. The number of anilines is 1. The molecular weight excluding hydrogens is 418 g/mol. The molecule has 2 amide bonds. The third-order valence-corrected chi connectivity index (χ3v) is 7.87. The van der Waals surface area contributed by atoms with E-state index in [1.807, 2.05) is 0 Å². The van der Waals surface area contributed by atoms with Gasteiger partial charge in [-0.2, -0.15) is 4.31 Å². The summed E-state index contributed by atoms with van der Waals surface area (Å²) in [6.07, 6.45) is 3.95. The van der Waals surface area contributed by atoms with Gasteiger partial charge >= 0.3 is 0 Å². The van der Waals surface area contributed by atoms with Gasteiger partial charge in [0.25, 0.3) is 0 Å². The molecule has 0 saturated carbocycles. The highest BCUT2D eigenvalue weighted by atomic mass is 32.2.